The molecule has 3 aromatic rings. The van der Waals surface area contributed by atoms with Gasteiger partial charge in [0.1, 0.15) is 23.6 Å². The van der Waals surface area contributed by atoms with Gasteiger partial charge in [0, 0.05) is 17.6 Å². The molecular weight excluding hydrogens is 348 g/mol. The van der Waals surface area contributed by atoms with E-state index in [1.165, 1.54) is 12.4 Å². The standard InChI is InChI=1S/C17H14ClF2N5/c18-12-4-2-1-3-10(12)8-22-16-15(21)17(24-9-23-16)25-14-6-5-11(19)7-13(14)20/h1-7,9H,8,21H2,(H2,22,23,24,25). The van der Waals surface area contributed by atoms with E-state index in [0.717, 1.165) is 17.7 Å². The summed E-state index contributed by atoms with van der Waals surface area (Å²) >= 11 is 6.11. The summed E-state index contributed by atoms with van der Waals surface area (Å²) in [6.07, 6.45) is 1.29. The average molecular weight is 362 g/mol. The number of benzene rings is 2. The summed E-state index contributed by atoms with van der Waals surface area (Å²) in [6, 6.07) is 10.5. The van der Waals surface area contributed by atoms with E-state index in [9.17, 15) is 8.78 Å². The van der Waals surface area contributed by atoms with E-state index in [0.29, 0.717) is 17.4 Å². The van der Waals surface area contributed by atoms with Gasteiger partial charge in [0.15, 0.2) is 11.6 Å². The Kier molecular flexibility index (Phi) is 4.95. The third-order valence-electron chi connectivity index (χ3n) is 3.47. The molecule has 0 aliphatic carbocycles. The molecule has 0 spiro atoms. The molecule has 0 bridgehead atoms. The smallest absolute Gasteiger partial charge is 0.159 e. The van der Waals surface area contributed by atoms with Gasteiger partial charge in [0.25, 0.3) is 0 Å². The minimum absolute atomic E-state index is 0.0591. The Hall–Kier alpha value is -2.93. The van der Waals surface area contributed by atoms with Crippen molar-refractivity contribution in [3.8, 4) is 0 Å². The number of hydrogen-bond donors (Lipinski definition) is 3. The summed E-state index contributed by atoms with van der Waals surface area (Å²) in [5, 5.41) is 6.42. The van der Waals surface area contributed by atoms with Crippen LogP contribution in [0.4, 0.5) is 31.8 Å². The lowest BCUT2D eigenvalue weighted by Crippen LogP contribution is -2.08. The molecule has 0 radical (unpaired) electrons. The molecule has 25 heavy (non-hydrogen) atoms. The maximum atomic E-state index is 13.8. The van der Waals surface area contributed by atoms with Crippen LogP contribution in [-0.2, 0) is 6.54 Å². The molecule has 5 nitrogen and oxygen atoms in total. The van der Waals surface area contributed by atoms with E-state index < -0.39 is 11.6 Å². The van der Waals surface area contributed by atoms with Gasteiger partial charge in [0.2, 0.25) is 0 Å². The van der Waals surface area contributed by atoms with Crippen molar-refractivity contribution in [2.45, 2.75) is 6.54 Å². The maximum Gasteiger partial charge on any atom is 0.159 e. The highest BCUT2D eigenvalue weighted by molar-refractivity contribution is 6.31. The van der Waals surface area contributed by atoms with Crippen LogP contribution in [-0.4, -0.2) is 9.97 Å². The molecule has 0 aliphatic rings. The molecule has 3 rings (SSSR count). The first-order valence-corrected chi connectivity index (χ1v) is 7.72. The highest BCUT2D eigenvalue weighted by Gasteiger charge is 2.11. The molecular formula is C17H14ClF2N5. The summed E-state index contributed by atoms with van der Waals surface area (Å²) in [5.74, 6) is -0.827. The lowest BCUT2D eigenvalue weighted by molar-refractivity contribution is 0.586. The predicted molar refractivity (Wildman–Crippen MR) is 94.9 cm³/mol. The van der Waals surface area contributed by atoms with Crippen molar-refractivity contribution in [3.05, 3.63) is 71.0 Å². The van der Waals surface area contributed by atoms with Gasteiger partial charge in [-0.25, -0.2) is 18.7 Å². The van der Waals surface area contributed by atoms with Crippen molar-refractivity contribution in [2.24, 2.45) is 0 Å². The number of nitrogen functional groups attached to an aromatic ring is 1. The van der Waals surface area contributed by atoms with Crippen molar-refractivity contribution in [1.29, 1.82) is 0 Å². The van der Waals surface area contributed by atoms with E-state index in [-0.39, 0.29) is 17.2 Å². The normalized spacial score (nSPS) is 10.5. The largest absolute Gasteiger partial charge is 0.393 e. The molecule has 128 valence electrons. The van der Waals surface area contributed by atoms with Gasteiger partial charge in [-0.1, -0.05) is 29.8 Å². The number of nitrogens with one attached hydrogen (secondary N) is 2. The van der Waals surface area contributed by atoms with Crippen LogP contribution in [0.15, 0.2) is 48.8 Å². The Bertz CT molecular complexity index is 904. The molecule has 0 unspecified atom stereocenters. The van der Waals surface area contributed by atoms with Crippen LogP contribution < -0.4 is 16.4 Å². The molecule has 0 fully saturated rings. The van der Waals surface area contributed by atoms with E-state index in [2.05, 4.69) is 20.6 Å². The number of halogens is 3. The van der Waals surface area contributed by atoms with Gasteiger partial charge in [-0.3, -0.25) is 0 Å². The van der Waals surface area contributed by atoms with Crippen molar-refractivity contribution in [3.63, 3.8) is 0 Å². The first kappa shape index (κ1) is 16.9. The number of aromatic nitrogens is 2. The van der Waals surface area contributed by atoms with Crippen LogP contribution in [0.3, 0.4) is 0 Å². The Morgan fingerprint density at radius 1 is 1.04 bits per heavy atom. The van der Waals surface area contributed by atoms with Gasteiger partial charge in [-0.15, -0.1) is 0 Å². The minimum Gasteiger partial charge on any atom is -0.393 e. The van der Waals surface area contributed by atoms with Crippen LogP contribution in [0.25, 0.3) is 0 Å². The molecule has 0 saturated carbocycles. The zero-order valence-electron chi connectivity index (χ0n) is 12.9. The molecule has 0 atom stereocenters. The fourth-order valence-electron chi connectivity index (χ4n) is 2.18. The van der Waals surface area contributed by atoms with Crippen molar-refractivity contribution in [2.75, 3.05) is 16.4 Å². The number of nitrogens with zero attached hydrogens (tertiary/aromatic N) is 2. The van der Waals surface area contributed by atoms with Crippen LogP contribution in [0.2, 0.25) is 5.02 Å². The van der Waals surface area contributed by atoms with E-state index in [1.807, 2.05) is 18.2 Å². The molecule has 1 heterocycles. The third-order valence-corrected chi connectivity index (χ3v) is 3.84. The Morgan fingerprint density at radius 2 is 1.80 bits per heavy atom. The van der Waals surface area contributed by atoms with E-state index in [1.54, 1.807) is 6.07 Å². The van der Waals surface area contributed by atoms with Gasteiger partial charge < -0.3 is 16.4 Å². The number of nitrogens with two attached hydrogens (primary N) is 1. The maximum absolute atomic E-state index is 13.8. The first-order valence-electron chi connectivity index (χ1n) is 7.34. The van der Waals surface area contributed by atoms with Crippen LogP contribution in [0, 0.1) is 11.6 Å². The Labute approximate surface area is 147 Å². The van der Waals surface area contributed by atoms with Crippen LogP contribution >= 0.6 is 11.6 Å². The second kappa shape index (κ2) is 7.31. The minimum atomic E-state index is -0.747. The molecule has 1 aromatic heterocycles. The van der Waals surface area contributed by atoms with Gasteiger partial charge >= 0.3 is 0 Å². The zero-order chi connectivity index (χ0) is 17.8. The van der Waals surface area contributed by atoms with Gasteiger partial charge in [-0.05, 0) is 23.8 Å². The number of hydrogen-bond acceptors (Lipinski definition) is 5. The number of rotatable bonds is 5. The SMILES string of the molecule is Nc1c(NCc2ccccc2Cl)ncnc1Nc1ccc(F)cc1F. The summed E-state index contributed by atoms with van der Waals surface area (Å²) in [6.45, 7) is 0.408. The van der Waals surface area contributed by atoms with Crippen LogP contribution in [0.1, 0.15) is 5.56 Å². The zero-order valence-corrected chi connectivity index (χ0v) is 13.7. The molecule has 0 saturated heterocycles. The molecule has 0 amide bonds. The monoisotopic (exact) mass is 361 g/mol. The molecule has 2 aromatic carbocycles. The predicted octanol–water partition coefficient (Wildman–Crippen LogP) is 4.35. The van der Waals surface area contributed by atoms with Crippen molar-refractivity contribution >= 4 is 34.6 Å². The first-order chi connectivity index (χ1) is 12.0. The lowest BCUT2D eigenvalue weighted by Gasteiger charge is -2.13. The quantitative estimate of drug-likeness (QED) is 0.630. The summed E-state index contributed by atoms with van der Waals surface area (Å²) < 4.78 is 26.8. The molecule has 4 N–H and O–H groups in total. The number of anilines is 4. The van der Waals surface area contributed by atoms with Crippen molar-refractivity contribution in [1.82, 2.24) is 9.97 Å². The fourth-order valence-corrected chi connectivity index (χ4v) is 2.38. The second-order valence-electron chi connectivity index (χ2n) is 5.18. The highest BCUT2D eigenvalue weighted by atomic mass is 35.5. The van der Waals surface area contributed by atoms with Crippen molar-refractivity contribution < 1.29 is 8.78 Å². The van der Waals surface area contributed by atoms with Gasteiger partial charge in [0.05, 0.1) is 5.69 Å². The highest BCUT2D eigenvalue weighted by Crippen LogP contribution is 2.28. The second-order valence-corrected chi connectivity index (χ2v) is 5.59. The van der Waals surface area contributed by atoms with Crippen LogP contribution in [0.5, 0.6) is 0 Å². The third kappa shape index (κ3) is 3.95. The Balaban J connectivity index is 1.79. The van der Waals surface area contributed by atoms with E-state index >= 15 is 0 Å². The molecule has 8 heteroatoms. The summed E-state index contributed by atoms with van der Waals surface area (Å²) in [5.41, 5.74) is 7.18. The molecule has 0 aliphatic heterocycles. The van der Waals surface area contributed by atoms with Gasteiger partial charge in [-0.2, -0.15) is 0 Å². The lowest BCUT2D eigenvalue weighted by atomic mass is 10.2. The Morgan fingerprint density at radius 3 is 2.56 bits per heavy atom. The fraction of sp³-hybridized carbons (Fsp3) is 0.0588. The summed E-state index contributed by atoms with van der Waals surface area (Å²) in [4.78, 5) is 8.07. The van der Waals surface area contributed by atoms with E-state index in [4.69, 9.17) is 17.3 Å². The average Bonchev–Trinajstić information content (AvgIpc) is 2.59. The topological polar surface area (TPSA) is 75.9 Å². The summed E-state index contributed by atoms with van der Waals surface area (Å²) in [7, 11) is 0.